The lowest BCUT2D eigenvalue weighted by Crippen LogP contribution is -2.49. The zero-order chi connectivity index (χ0) is 21.1. The Labute approximate surface area is 180 Å². The molecule has 1 aliphatic heterocycles. The molecule has 1 fully saturated rings. The first-order valence-electron chi connectivity index (χ1n) is 10.2. The molecule has 0 bridgehead atoms. The molecule has 0 unspecified atom stereocenters. The van der Waals surface area contributed by atoms with Gasteiger partial charge in [-0.15, -0.1) is 11.3 Å². The molecule has 0 saturated carbocycles. The number of carbonyl (C=O) groups excluding carboxylic acids is 1. The van der Waals surface area contributed by atoms with Crippen molar-refractivity contribution in [3.63, 3.8) is 0 Å². The van der Waals surface area contributed by atoms with Crippen LogP contribution < -0.4 is 4.90 Å². The van der Waals surface area contributed by atoms with Gasteiger partial charge in [-0.05, 0) is 19.1 Å². The summed E-state index contributed by atoms with van der Waals surface area (Å²) in [7, 11) is 0. The van der Waals surface area contributed by atoms with Crippen molar-refractivity contribution >= 4 is 23.1 Å². The van der Waals surface area contributed by atoms with Crippen LogP contribution in [0.2, 0.25) is 0 Å². The van der Waals surface area contributed by atoms with Crippen molar-refractivity contribution in [3.8, 4) is 10.6 Å². The SMILES string of the molecule is Cc1cc(N2CCN(C(=O)Cc3csc(-c4cccnc4)n3)CC2)nc(C(C)C)n1. The average molecular weight is 423 g/mol. The first kappa shape index (κ1) is 20.4. The molecule has 1 aliphatic rings. The number of aryl methyl sites for hydroxylation is 1. The Hall–Kier alpha value is -2.87. The third-order valence-corrected chi connectivity index (χ3v) is 6.06. The van der Waals surface area contributed by atoms with Crippen LogP contribution in [0.25, 0.3) is 10.6 Å². The molecule has 7 nitrogen and oxygen atoms in total. The van der Waals surface area contributed by atoms with Crippen LogP contribution in [-0.4, -0.2) is 56.9 Å². The maximum atomic E-state index is 12.8. The maximum absolute atomic E-state index is 12.8. The third-order valence-electron chi connectivity index (χ3n) is 5.12. The highest BCUT2D eigenvalue weighted by molar-refractivity contribution is 7.13. The molecule has 3 aromatic rings. The van der Waals surface area contributed by atoms with Crippen LogP contribution in [0.1, 0.15) is 37.0 Å². The van der Waals surface area contributed by atoms with Crippen LogP contribution in [-0.2, 0) is 11.2 Å². The number of aromatic nitrogens is 4. The molecular formula is C22H26N6OS. The van der Waals surface area contributed by atoms with Crippen molar-refractivity contribution < 1.29 is 4.79 Å². The summed E-state index contributed by atoms with van der Waals surface area (Å²) >= 11 is 1.55. The van der Waals surface area contributed by atoms with Gasteiger partial charge < -0.3 is 9.80 Å². The Bertz CT molecular complexity index is 1010. The molecular weight excluding hydrogens is 396 g/mol. The maximum Gasteiger partial charge on any atom is 0.228 e. The Kier molecular flexibility index (Phi) is 6.03. The van der Waals surface area contributed by atoms with Crippen LogP contribution in [0.3, 0.4) is 0 Å². The Balaban J connectivity index is 1.35. The van der Waals surface area contributed by atoms with E-state index in [1.165, 1.54) is 0 Å². The zero-order valence-corrected chi connectivity index (χ0v) is 18.4. The number of nitrogens with zero attached hydrogens (tertiary/aromatic N) is 6. The number of rotatable bonds is 5. The fourth-order valence-corrected chi connectivity index (χ4v) is 4.27. The number of hydrogen-bond acceptors (Lipinski definition) is 7. The summed E-state index contributed by atoms with van der Waals surface area (Å²) in [5.41, 5.74) is 2.78. The Morgan fingerprint density at radius 3 is 2.67 bits per heavy atom. The topological polar surface area (TPSA) is 75.1 Å². The van der Waals surface area contributed by atoms with Gasteiger partial charge >= 0.3 is 0 Å². The van der Waals surface area contributed by atoms with Gasteiger partial charge in [0.1, 0.15) is 16.6 Å². The van der Waals surface area contributed by atoms with Gasteiger partial charge in [-0.3, -0.25) is 9.78 Å². The van der Waals surface area contributed by atoms with Gasteiger partial charge in [-0.1, -0.05) is 13.8 Å². The summed E-state index contributed by atoms with van der Waals surface area (Å²) in [4.78, 5) is 35.0. The molecule has 3 aromatic heterocycles. The first-order chi connectivity index (χ1) is 14.5. The van der Waals surface area contributed by atoms with Gasteiger partial charge in [0, 0.05) is 67.2 Å². The molecule has 0 aromatic carbocycles. The van der Waals surface area contributed by atoms with Gasteiger partial charge in [0.05, 0.1) is 12.1 Å². The van der Waals surface area contributed by atoms with Crippen molar-refractivity contribution in [1.82, 2.24) is 24.8 Å². The number of carbonyl (C=O) groups is 1. The van der Waals surface area contributed by atoms with E-state index in [0.717, 1.165) is 46.7 Å². The molecule has 8 heteroatoms. The van der Waals surface area contributed by atoms with E-state index in [1.54, 1.807) is 23.7 Å². The molecule has 1 amide bonds. The lowest BCUT2D eigenvalue weighted by molar-refractivity contribution is -0.130. The van der Waals surface area contributed by atoms with Crippen LogP contribution in [0, 0.1) is 6.92 Å². The summed E-state index contributed by atoms with van der Waals surface area (Å²) in [6.45, 7) is 9.15. The van der Waals surface area contributed by atoms with E-state index in [1.807, 2.05) is 35.4 Å². The molecule has 0 N–H and O–H groups in total. The molecule has 1 saturated heterocycles. The number of thiazole rings is 1. The predicted molar refractivity (Wildman–Crippen MR) is 119 cm³/mol. The van der Waals surface area contributed by atoms with Crippen LogP contribution in [0.15, 0.2) is 36.0 Å². The van der Waals surface area contributed by atoms with Crippen LogP contribution >= 0.6 is 11.3 Å². The molecule has 0 radical (unpaired) electrons. The monoisotopic (exact) mass is 422 g/mol. The standard InChI is InChI=1S/C22H26N6OS/c1-15(2)21-24-16(3)11-19(26-21)27-7-9-28(10-8-27)20(29)12-18-14-30-22(25-18)17-5-4-6-23-13-17/h4-6,11,13-15H,7-10,12H2,1-3H3. The van der Waals surface area contributed by atoms with Gasteiger partial charge in [0.2, 0.25) is 5.91 Å². The van der Waals surface area contributed by atoms with Gasteiger partial charge in [0.15, 0.2) is 0 Å². The van der Waals surface area contributed by atoms with E-state index >= 15 is 0 Å². The molecule has 0 aliphatic carbocycles. The molecule has 0 atom stereocenters. The average Bonchev–Trinajstić information content (AvgIpc) is 3.22. The Morgan fingerprint density at radius 1 is 1.17 bits per heavy atom. The molecule has 4 heterocycles. The van der Waals surface area contributed by atoms with Crippen molar-refractivity contribution in [2.24, 2.45) is 0 Å². The minimum Gasteiger partial charge on any atom is -0.353 e. The van der Waals surface area contributed by atoms with Crippen molar-refractivity contribution in [2.75, 3.05) is 31.1 Å². The van der Waals surface area contributed by atoms with E-state index in [0.29, 0.717) is 25.4 Å². The van der Waals surface area contributed by atoms with E-state index in [-0.39, 0.29) is 5.91 Å². The molecule has 0 spiro atoms. The highest BCUT2D eigenvalue weighted by Crippen LogP contribution is 2.23. The lowest BCUT2D eigenvalue weighted by Gasteiger charge is -2.35. The van der Waals surface area contributed by atoms with Crippen molar-refractivity contribution in [1.29, 1.82) is 0 Å². The largest absolute Gasteiger partial charge is 0.353 e. The molecule has 156 valence electrons. The fraction of sp³-hybridized carbons (Fsp3) is 0.409. The number of hydrogen-bond donors (Lipinski definition) is 0. The van der Waals surface area contributed by atoms with E-state index in [9.17, 15) is 4.79 Å². The number of piperazine rings is 1. The quantitative estimate of drug-likeness (QED) is 0.628. The zero-order valence-electron chi connectivity index (χ0n) is 17.6. The Morgan fingerprint density at radius 2 is 1.97 bits per heavy atom. The van der Waals surface area contributed by atoms with Gasteiger partial charge in [0.25, 0.3) is 0 Å². The second kappa shape index (κ2) is 8.87. The second-order valence-corrected chi connectivity index (χ2v) is 8.67. The number of pyridine rings is 1. The fourth-order valence-electron chi connectivity index (χ4n) is 3.46. The van der Waals surface area contributed by atoms with Gasteiger partial charge in [-0.2, -0.15) is 0 Å². The summed E-state index contributed by atoms with van der Waals surface area (Å²) < 4.78 is 0. The third kappa shape index (κ3) is 4.64. The minimum absolute atomic E-state index is 0.124. The molecule has 4 rings (SSSR count). The normalized spacial score (nSPS) is 14.4. The summed E-state index contributed by atoms with van der Waals surface area (Å²) in [5, 5.41) is 2.86. The molecule has 30 heavy (non-hydrogen) atoms. The van der Waals surface area contributed by atoms with E-state index in [2.05, 4.69) is 33.7 Å². The smallest absolute Gasteiger partial charge is 0.228 e. The highest BCUT2D eigenvalue weighted by atomic mass is 32.1. The van der Waals surface area contributed by atoms with Crippen molar-refractivity contribution in [2.45, 2.75) is 33.1 Å². The van der Waals surface area contributed by atoms with Crippen molar-refractivity contribution in [3.05, 3.63) is 53.2 Å². The summed E-state index contributed by atoms with van der Waals surface area (Å²) in [6.07, 6.45) is 3.87. The van der Waals surface area contributed by atoms with Crippen LogP contribution in [0.4, 0.5) is 5.82 Å². The van der Waals surface area contributed by atoms with Crippen LogP contribution in [0.5, 0.6) is 0 Å². The first-order valence-corrected chi connectivity index (χ1v) is 11.1. The lowest BCUT2D eigenvalue weighted by atomic mass is 10.2. The van der Waals surface area contributed by atoms with Gasteiger partial charge in [-0.25, -0.2) is 15.0 Å². The predicted octanol–water partition coefficient (Wildman–Crippen LogP) is 3.32. The number of amides is 1. The number of anilines is 1. The summed E-state index contributed by atoms with van der Waals surface area (Å²) in [5.74, 6) is 2.25. The minimum atomic E-state index is 0.124. The second-order valence-electron chi connectivity index (χ2n) is 7.81. The summed E-state index contributed by atoms with van der Waals surface area (Å²) in [6, 6.07) is 5.90. The van der Waals surface area contributed by atoms with E-state index < -0.39 is 0 Å². The van der Waals surface area contributed by atoms with E-state index in [4.69, 9.17) is 4.98 Å². The highest BCUT2D eigenvalue weighted by Gasteiger charge is 2.23.